The van der Waals surface area contributed by atoms with Gasteiger partial charge >= 0.3 is 0 Å². The highest BCUT2D eigenvalue weighted by Gasteiger charge is 2.02. The maximum Gasteiger partial charge on any atom is 0.257 e. The predicted molar refractivity (Wildman–Crippen MR) is 76.5 cm³/mol. The molecule has 0 unspecified atom stereocenters. The minimum Gasteiger partial charge on any atom is -0.484 e. The maximum absolute atomic E-state index is 11.6. The summed E-state index contributed by atoms with van der Waals surface area (Å²) in [5.41, 5.74) is 1.11. The first kappa shape index (κ1) is 14.1. The molecule has 5 nitrogen and oxygen atoms in total. The zero-order valence-electron chi connectivity index (χ0n) is 11.6. The lowest BCUT2D eigenvalue weighted by atomic mass is 10.2. The molecule has 0 aliphatic rings. The molecule has 0 saturated heterocycles. The average Bonchev–Trinajstić information content (AvgIpc) is 2.95. The third kappa shape index (κ3) is 4.76. The van der Waals surface area contributed by atoms with Crippen LogP contribution in [-0.2, 0) is 11.3 Å². The van der Waals surface area contributed by atoms with Gasteiger partial charge in [0.05, 0.1) is 6.33 Å². The van der Waals surface area contributed by atoms with Crippen molar-refractivity contribution in [2.45, 2.75) is 19.9 Å². The molecule has 1 aromatic carbocycles. The van der Waals surface area contributed by atoms with Crippen molar-refractivity contribution in [2.75, 3.05) is 13.2 Å². The van der Waals surface area contributed by atoms with Crippen LogP contribution in [0.1, 0.15) is 12.0 Å². The summed E-state index contributed by atoms with van der Waals surface area (Å²) in [6.45, 7) is 3.52. The summed E-state index contributed by atoms with van der Waals surface area (Å²) in [6.07, 6.45) is 6.28. The number of carbonyl (C=O) groups is 1. The normalized spacial score (nSPS) is 10.2. The van der Waals surface area contributed by atoms with Crippen molar-refractivity contribution in [1.29, 1.82) is 0 Å². The van der Waals surface area contributed by atoms with Gasteiger partial charge in [0, 0.05) is 25.5 Å². The summed E-state index contributed by atoms with van der Waals surface area (Å²) in [6, 6.07) is 7.66. The fourth-order valence-electron chi connectivity index (χ4n) is 1.81. The number of nitrogens with zero attached hydrogens (tertiary/aromatic N) is 2. The quantitative estimate of drug-likeness (QED) is 0.782. The Labute approximate surface area is 118 Å². The Morgan fingerprint density at radius 3 is 3.10 bits per heavy atom. The number of carbonyl (C=O) groups excluding carboxylic acids is 1. The first-order valence-electron chi connectivity index (χ1n) is 6.66. The average molecular weight is 273 g/mol. The monoisotopic (exact) mass is 273 g/mol. The Bertz CT molecular complexity index is 538. The van der Waals surface area contributed by atoms with Crippen molar-refractivity contribution in [3.8, 4) is 5.75 Å². The number of aromatic nitrogens is 2. The van der Waals surface area contributed by atoms with Gasteiger partial charge in [-0.05, 0) is 31.0 Å². The van der Waals surface area contributed by atoms with E-state index in [0.717, 1.165) is 24.3 Å². The third-order valence-electron chi connectivity index (χ3n) is 2.83. The molecule has 0 saturated carbocycles. The SMILES string of the molecule is Cc1cccc(OCC(=O)NCCCn2ccnc2)c1. The fraction of sp³-hybridized carbons (Fsp3) is 0.333. The van der Waals surface area contributed by atoms with E-state index in [0.29, 0.717) is 6.54 Å². The molecule has 0 fully saturated rings. The van der Waals surface area contributed by atoms with Gasteiger partial charge in [0.2, 0.25) is 0 Å². The van der Waals surface area contributed by atoms with Gasteiger partial charge in [0.1, 0.15) is 5.75 Å². The highest BCUT2D eigenvalue weighted by atomic mass is 16.5. The van der Waals surface area contributed by atoms with Crippen molar-refractivity contribution >= 4 is 5.91 Å². The van der Waals surface area contributed by atoms with Crippen LogP contribution in [0.5, 0.6) is 5.75 Å². The molecule has 1 heterocycles. The van der Waals surface area contributed by atoms with E-state index >= 15 is 0 Å². The molecule has 0 atom stereocenters. The second kappa shape index (κ2) is 7.33. The van der Waals surface area contributed by atoms with Crippen LogP contribution in [0.25, 0.3) is 0 Å². The smallest absolute Gasteiger partial charge is 0.257 e. The predicted octanol–water partition coefficient (Wildman–Crippen LogP) is 1.78. The summed E-state index contributed by atoms with van der Waals surface area (Å²) in [4.78, 5) is 15.6. The van der Waals surface area contributed by atoms with E-state index in [9.17, 15) is 4.79 Å². The summed E-state index contributed by atoms with van der Waals surface area (Å²) in [7, 11) is 0. The molecule has 2 aromatic rings. The van der Waals surface area contributed by atoms with Gasteiger partial charge in [-0.1, -0.05) is 12.1 Å². The number of ether oxygens (including phenoxy) is 1. The largest absolute Gasteiger partial charge is 0.484 e. The molecule has 0 aliphatic heterocycles. The Kier molecular flexibility index (Phi) is 5.17. The maximum atomic E-state index is 11.6. The molecule has 5 heteroatoms. The molecular formula is C15H19N3O2. The summed E-state index contributed by atoms with van der Waals surface area (Å²) in [5.74, 6) is 0.621. The summed E-state index contributed by atoms with van der Waals surface area (Å²) >= 11 is 0. The molecule has 0 aliphatic carbocycles. The van der Waals surface area contributed by atoms with Crippen molar-refractivity contribution in [3.63, 3.8) is 0 Å². The Balaban J connectivity index is 1.61. The Hall–Kier alpha value is -2.30. The molecule has 1 aromatic heterocycles. The highest BCUT2D eigenvalue weighted by Crippen LogP contribution is 2.11. The van der Waals surface area contributed by atoms with Gasteiger partial charge in [-0.2, -0.15) is 0 Å². The van der Waals surface area contributed by atoms with Gasteiger partial charge in [-0.3, -0.25) is 4.79 Å². The molecule has 1 amide bonds. The topological polar surface area (TPSA) is 56.1 Å². The van der Waals surface area contributed by atoms with Gasteiger partial charge in [0.15, 0.2) is 6.61 Å². The zero-order chi connectivity index (χ0) is 14.2. The molecule has 106 valence electrons. The minimum atomic E-state index is -0.0999. The molecule has 1 N–H and O–H groups in total. The first-order chi connectivity index (χ1) is 9.74. The molecule has 0 spiro atoms. The third-order valence-corrected chi connectivity index (χ3v) is 2.83. The van der Waals surface area contributed by atoms with Crippen LogP contribution in [0.2, 0.25) is 0 Å². The highest BCUT2D eigenvalue weighted by molar-refractivity contribution is 5.77. The Morgan fingerprint density at radius 1 is 1.45 bits per heavy atom. The number of rotatable bonds is 7. The molecule has 0 bridgehead atoms. The fourth-order valence-corrected chi connectivity index (χ4v) is 1.81. The molecular weight excluding hydrogens is 254 g/mol. The van der Waals surface area contributed by atoms with Crippen molar-refractivity contribution in [2.24, 2.45) is 0 Å². The van der Waals surface area contributed by atoms with E-state index in [2.05, 4.69) is 10.3 Å². The lowest BCUT2D eigenvalue weighted by Gasteiger charge is -2.08. The summed E-state index contributed by atoms with van der Waals surface area (Å²) in [5, 5.41) is 2.83. The number of amides is 1. The molecule has 20 heavy (non-hydrogen) atoms. The van der Waals surface area contributed by atoms with Gasteiger partial charge in [-0.15, -0.1) is 0 Å². The van der Waals surface area contributed by atoms with Gasteiger partial charge in [-0.25, -0.2) is 4.98 Å². The van der Waals surface area contributed by atoms with Crippen molar-refractivity contribution in [3.05, 3.63) is 48.5 Å². The zero-order valence-corrected chi connectivity index (χ0v) is 11.6. The lowest BCUT2D eigenvalue weighted by Crippen LogP contribution is -2.30. The van der Waals surface area contributed by atoms with E-state index in [1.807, 2.05) is 42.0 Å². The Morgan fingerprint density at radius 2 is 2.35 bits per heavy atom. The first-order valence-corrected chi connectivity index (χ1v) is 6.66. The second-order valence-corrected chi connectivity index (χ2v) is 4.61. The van der Waals surface area contributed by atoms with Crippen molar-refractivity contribution < 1.29 is 9.53 Å². The van der Waals surface area contributed by atoms with E-state index in [4.69, 9.17) is 4.74 Å². The van der Waals surface area contributed by atoms with Crippen LogP contribution in [0, 0.1) is 6.92 Å². The van der Waals surface area contributed by atoms with Crippen LogP contribution in [0.3, 0.4) is 0 Å². The number of hydrogen-bond donors (Lipinski definition) is 1. The molecule has 2 rings (SSSR count). The van der Waals surface area contributed by atoms with Gasteiger partial charge < -0.3 is 14.6 Å². The second-order valence-electron chi connectivity index (χ2n) is 4.61. The number of aryl methyl sites for hydroxylation is 2. The number of hydrogen-bond acceptors (Lipinski definition) is 3. The number of nitrogens with one attached hydrogen (secondary N) is 1. The van der Waals surface area contributed by atoms with Crippen LogP contribution < -0.4 is 10.1 Å². The van der Waals surface area contributed by atoms with Crippen molar-refractivity contribution in [1.82, 2.24) is 14.9 Å². The minimum absolute atomic E-state index is 0.0501. The number of benzene rings is 1. The lowest BCUT2D eigenvalue weighted by molar-refractivity contribution is -0.123. The molecule has 0 radical (unpaired) electrons. The van der Waals surface area contributed by atoms with E-state index in [1.54, 1.807) is 12.5 Å². The van der Waals surface area contributed by atoms with E-state index in [-0.39, 0.29) is 12.5 Å². The van der Waals surface area contributed by atoms with E-state index < -0.39 is 0 Å². The van der Waals surface area contributed by atoms with E-state index in [1.165, 1.54) is 0 Å². The van der Waals surface area contributed by atoms with Gasteiger partial charge in [0.25, 0.3) is 5.91 Å². The van der Waals surface area contributed by atoms with Crippen LogP contribution in [0.15, 0.2) is 43.0 Å². The van der Waals surface area contributed by atoms with Crippen LogP contribution in [-0.4, -0.2) is 28.6 Å². The number of imidazole rings is 1. The van der Waals surface area contributed by atoms with Crippen LogP contribution >= 0.6 is 0 Å². The summed E-state index contributed by atoms with van der Waals surface area (Å²) < 4.78 is 7.41. The standard InChI is InChI=1S/C15H19N3O2/c1-13-4-2-5-14(10-13)20-11-15(19)17-6-3-8-18-9-7-16-12-18/h2,4-5,7,9-10,12H,3,6,8,11H2,1H3,(H,17,19). The van der Waals surface area contributed by atoms with Crippen LogP contribution in [0.4, 0.5) is 0 Å².